The first-order valence-corrected chi connectivity index (χ1v) is 8.64. The van der Waals surface area contributed by atoms with Crippen LogP contribution >= 0.6 is 11.3 Å². The number of hydrogen-bond acceptors (Lipinski definition) is 7. The van der Waals surface area contributed by atoms with Crippen LogP contribution in [0.3, 0.4) is 0 Å². The topological polar surface area (TPSA) is 65.8 Å². The Morgan fingerprint density at radius 1 is 1.36 bits per heavy atom. The first-order valence-electron chi connectivity index (χ1n) is 7.83. The number of hydrogen-bond donors (Lipinski definition) is 1. The van der Waals surface area contributed by atoms with Gasteiger partial charge in [0.25, 0.3) is 5.56 Å². The summed E-state index contributed by atoms with van der Waals surface area (Å²) in [7, 11) is 0. The zero-order valence-corrected chi connectivity index (χ0v) is 13.5. The Morgan fingerprint density at radius 2 is 2.18 bits per heavy atom. The fourth-order valence-corrected chi connectivity index (χ4v) is 4.06. The summed E-state index contributed by atoms with van der Waals surface area (Å²) in [5.74, 6) is 0. The molecule has 1 N–H and O–H groups in total. The van der Waals surface area contributed by atoms with Crippen molar-refractivity contribution in [1.29, 1.82) is 0 Å². The SMILES string of the molecule is CCc1cc(=O)n2nc(NCC3CN4CCN3CC4)sc2n1. The van der Waals surface area contributed by atoms with E-state index in [9.17, 15) is 4.79 Å². The average Bonchev–Trinajstić information content (AvgIpc) is 2.97. The molecule has 5 heterocycles. The fourth-order valence-electron chi connectivity index (χ4n) is 3.23. The smallest absolute Gasteiger partial charge is 0.275 e. The summed E-state index contributed by atoms with van der Waals surface area (Å²) in [6.45, 7) is 8.69. The third-order valence-electron chi connectivity index (χ3n) is 4.54. The Hall–Kier alpha value is -1.51. The average molecular weight is 320 g/mol. The molecule has 1 atom stereocenters. The normalized spacial score (nSPS) is 27.4. The number of nitrogens with zero attached hydrogens (tertiary/aromatic N) is 5. The number of piperazine rings is 3. The molecular formula is C14H20N6OS. The molecule has 3 saturated heterocycles. The van der Waals surface area contributed by atoms with Gasteiger partial charge in [0.15, 0.2) is 0 Å². The molecule has 2 aromatic heterocycles. The molecule has 0 aliphatic carbocycles. The molecule has 2 bridgehead atoms. The van der Waals surface area contributed by atoms with E-state index < -0.39 is 0 Å². The molecule has 8 heteroatoms. The highest BCUT2D eigenvalue weighted by atomic mass is 32.1. The molecule has 118 valence electrons. The Labute approximate surface area is 132 Å². The maximum Gasteiger partial charge on any atom is 0.275 e. The molecule has 22 heavy (non-hydrogen) atoms. The van der Waals surface area contributed by atoms with E-state index in [2.05, 4.69) is 25.2 Å². The molecule has 3 aliphatic rings. The molecule has 3 aliphatic heterocycles. The highest BCUT2D eigenvalue weighted by molar-refractivity contribution is 7.20. The predicted molar refractivity (Wildman–Crippen MR) is 86.8 cm³/mol. The lowest BCUT2D eigenvalue weighted by Gasteiger charge is -2.47. The van der Waals surface area contributed by atoms with Gasteiger partial charge < -0.3 is 5.32 Å². The maximum atomic E-state index is 12.0. The van der Waals surface area contributed by atoms with Gasteiger partial charge in [-0.3, -0.25) is 14.6 Å². The van der Waals surface area contributed by atoms with Gasteiger partial charge in [0.1, 0.15) is 0 Å². The van der Waals surface area contributed by atoms with Gasteiger partial charge >= 0.3 is 0 Å². The molecule has 1 unspecified atom stereocenters. The molecule has 0 amide bonds. The monoisotopic (exact) mass is 320 g/mol. The van der Waals surface area contributed by atoms with Crippen molar-refractivity contribution in [2.75, 3.05) is 44.6 Å². The van der Waals surface area contributed by atoms with Crippen LogP contribution in [0.4, 0.5) is 5.13 Å². The van der Waals surface area contributed by atoms with Crippen LogP contribution in [-0.2, 0) is 6.42 Å². The molecule has 7 nitrogen and oxygen atoms in total. The van der Waals surface area contributed by atoms with E-state index in [0.717, 1.165) is 43.4 Å². The second kappa shape index (κ2) is 5.60. The van der Waals surface area contributed by atoms with Crippen molar-refractivity contribution in [3.63, 3.8) is 0 Å². The number of fused-ring (bicyclic) bond motifs is 4. The van der Waals surface area contributed by atoms with Crippen molar-refractivity contribution in [3.8, 4) is 0 Å². The first-order chi connectivity index (χ1) is 10.7. The van der Waals surface area contributed by atoms with Crippen LogP contribution in [-0.4, -0.2) is 69.7 Å². The minimum Gasteiger partial charge on any atom is -0.358 e. The standard InChI is InChI=1S/C14H20N6OS/c1-2-10-7-12(21)20-14(16-10)22-13(17-20)15-8-11-9-18-3-5-19(11)6-4-18/h7,11H,2-6,8-9H2,1H3,(H,15,17). The third kappa shape index (κ3) is 2.51. The maximum absolute atomic E-state index is 12.0. The van der Waals surface area contributed by atoms with Gasteiger partial charge in [-0.2, -0.15) is 4.52 Å². The van der Waals surface area contributed by atoms with Gasteiger partial charge in [0, 0.05) is 57.1 Å². The minimum atomic E-state index is -0.0993. The Bertz CT molecular complexity index is 732. The fraction of sp³-hybridized carbons (Fsp3) is 0.643. The van der Waals surface area contributed by atoms with E-state index in [4.69, 9.17) is 0 Å². The van der Waals surface area contributed by atoms with E-state index in [-0.39, 0.29) is 5.56 Å². The summed E-state index contributed by atoms with van der Waals surface area (Å²) in [5.41, 5.74) is 0.724. The highest BCUT2D eigenvalue weighted by Crippen LogP contribution is 2.19. The largest absolute Gasteiger partial charge is 0.358 e. The van der Waals surface area contributed by atoms with E-state index >= 15 is 0 Å². The minimum absolute atomic E-state index is 0.0993. The lowest BCUT2D eigenvalue weighted by atomic mass is 10.1. The van der Waals surface area contributed by atoms with E-state index in [1.54, 1.807) is 6.07 Å². The van der Waals surface area contributed by atoms with Crippen molar-refractivity contribution in [3.05, 3.63) is 22.1 Å². The molecule has 0 aromatic carbocycles. The Kier molecular flexibility index (Phi) is 3.59. The van der Waals surface area contributed by atoms with Crippen LogP contribution in [0, 0.1) is 0 Å². The molecule has 5 rings (SSSR count). The lowest BCUT2D eigenvalue weighted by Crippen LogP contribution is -2.62. The van der Waals surface area contributed by atoms with Gasteiger partial charge in [-0.15, -0.1) is 5.10 Å². The van der Waals surface area contributed by atoms with Crippen LogP contribution in [0.1, 0.15) is 12.6 Å². The number of nitrogens with one attached hydrogen (secondary N) is 1. The molecule has 2 aromatic rings. The van der Waals surface area contributed by atoms with Crippen molar-refractivity contribution < 1.29 is 0 Å². The number of aryl methyl sites for hydroxylation is 1. The quantitative estimate of drug-likeness (QED) is 0.863. The number of aromatic nitrogens is 3. The van der Waals surface area contributed by atoms with Crippen molar-refractivity contribution in [1.82, 2.24) is 24.4 Å². The van der Waals surface area contributed by atoms with Crippen molar-refractivity contribution >= 4 is 21.4 Å². The summed E-state index contributed by atoms with van der Waals surface area (Å²) in [4.78, 5) is 22.2. The van der Waals surface area contributed by atoms with Gasteiger partial charge in [0.05, 0.1) is 0 Å². The third-order valence-corrected chi connectivity index (χ3v) is 5.41. The predicted octanol–water partition coefficient (Wildman–Crippen LogP) is 0.125. The molecule has 0 spiro atoms. The van der Waals surface area contributed by atoms with Gasteiger partial charge in [-0.05, 0) is 6.42 Å². The lowest BCUT2D eigenvalue weighted by molar-refractivity contribution is 0.0189. The summed E-state index contributed by atoms with van der Waals surface area (Å²) < 4.78 is 1.39. The van der Waals surface area contributed by atoms with E-state index in [1.807, 2.05) is 6.92 Å². The first kappa shape index (κ1) is 14.1. The van der Waals surface area contributed by atoms with Gasteiger partial charge in [-0.1, -0.05) is 18.3 Å². The molecule has 3 fully saturated rings. The van der Waals surface area contributed by atoms with Gasteiger partial charge in [-0.25, -0.2) is 4.98 Å². The zero-order chi connectivity index (χ0) is 15.1. The van der Waals surface area contributed by atoms with E-state index in [1.165, 1.54) is 28.9 Å². The van der Waals surface area contributed by atoms with Crippen LogP contribution in [0.15, 0.2) is 10.9 Å². The Balaban J connectivity index is 1.50. The molecular weight excluding hydrogens is 300 g/mol. The van der Waals surface area contributed by atoms with Crippen LogP contribution in [0.5, 0.6) is 0 Å². The number of rotatable bonds is 4. The number of anilines is 1. The summed E-state index contributed by atoms with van der Waals surface area (Å²) in [5, 5.41) is 8.52. The van der Waals surface area contributed by atoms with Gasteiger partial charge in [0.2, 0.25) is 10.1 Å². The summed E-state index contributed by atoms with van der Waals surface area (Å²) >= 11 is 1.45. The second-order valence-electron chi connectivity index (χ2n) is 5.91. The highest BCUT2D eigenvalue weighted by Gasteiger charge is 2.31. The summed E-state index contributed by atoms with van der Waals surface area (Å²) in [6.07, 6.45) is 0.763. The molecule has 0 saturated carbocycles. The summed E-state index contributed by atoms with van der Waals surface area (Å²) in [6, 6.07) is 2.10. The van der Waals surface area contributed by atoms with E-state index in [0.29, 0.717) is 11.0 Å². The van der Waals surface area contributed by atoms with Crippen molar-refractivity contribution in [2.24, 2.45) is 0 Å². The second-order valence-corrected chi connectivity index (χ2v) is 6.87. The Morgan fingerprint density at radius 3 is 2.86 bits per heavy atom. The molecule has 0 radical (unpaired) electrons. The van der Waals surface area contributed by atoms with Crippen molar-refractivity contribution in [2.45, 2.75) is 19.4 Å². The van der Waals surface area contributed by atoms with Crippen LogP contribution in [0.25, 0.3) is 4.96 Å². The zero-order valence-electron chi connectivity index (χ0n) is 12.7. The van der Waals surface area contributed by atoms with Crippen LogP contribution < -0.4 is 10.9 Å². The van der Waals surface area contributed by atoms with Crippen LogP contribution in [0.2, 0.25) is 0 Å².